The van der Waals surface area contributed by atoms with Crippen molar-refractivity contribution in [3.05, 3.63) is 33.8 Å². The molecule has 0 radical (unpaired) electrons. The predicted molar refractivity (Wildman–Crippen MR) is 78.0 cm³/mol. The normalized spacial score (nSPS) is 13.2. The number of nitrogens with one attached hydrogen (secondary N) is 2. The third-order valence-corrected chi connectivity index (χ3v) is 5.57. The van der Waals surface area contributed by atoms with Crippen LogP contribution in [0.3, 0.4) is 0 Å². The van der Waals surface area contributed by atoms with Gasteiger partial charge in [-0.25, -0.2) is 17.9 Å². The highest BCUT2D eigenvalue weighted by Crippen LogP contribution is 2.25. The number of aryl methyl sites for hydroxylation is 1. The first-order valence-corrected chi connectivity index (χ1v) is 8.57. The molecule has 0 saturated carbocycles. The van der Waals surface area contributed by atoms with E-state index in [0.29, 0.717) is 6.42 Å². The molecule has 0 amide bonds. The number of aromatic carboxylic acids is 1. The summed E-state index contributed by atoms with van der Waals surface area (Å²) in [6.07, 6.45) is 0.555. The molecule has 0 bridgehead atoms. The van der Waals surface area contributed by atoms with Gasteiger partial charge in [-0.3, -0.25) is 5.10 Å². The summed E-state index contributed by atoms with van der Waals surface area (Å²) in [4.78, 5) is 11.7. The molecule has 21 heavy (non-hydrogen) atoms. The van der Waals surface area contributed by atoms with Crippen molar-refractivity contribution in [1.82, 2.24) is 14.9 Å². The Kier molecular flexibility index (Phi) is 4.45. The Morgan fingerprint density at radius 2 is 2.29 bits per heavy atom. The minimum Gasteiger partial charge on any atom is -0.476 e. The number of rotatable bonds is 6. The molecule has 2 aromatic heterocycles. The molecule has 7 nitrogen and oxygen atoms in total. The van der Waals surface area contributed by atoms with Crippen molar-refractivity contribution in [3.63, 3.8) is 0 Å². The minimum atomic E-state index is -3.98. The summed E-state index contributed by atoms with van der Waals surface area (Å²) in [6.45, 7) is 3.33. The van der Waals surface area contributed by atoms with Crippen molar-refractivity contribution in [2.45, 2.75) is 31.2 Å². The molecular weight excluding hydrogens is 314 g/mol. The first-order chi connectivity index (χ1) is 9.86. The van der Waals surface area contributed by atoms with Crippen LogP contribution in [-0.2, 0) is 10.0 Å². The molecule has 0 saturated heterocycles. The fourth-order valence-electron chi connectivity index (χ4n) is 1.97. The largest absolute Gasteiger partial charge is 0.476 e. The topological polar surface area (TPSA) is 112 Å². The van der Waals surface area contributed by atoms with E-state index in [1.807, 2.05) is 24.4 Å². The summed E-state index contributed by atoms with van der Waals surface area (Å²) in [6, 6.07) is 3.27. The lowest BCUT2D eigenvalue weighted by Gasteiger charge is -2.15. The maximum Gasteiger partial charge on any atom is 0.357 e. The van der Waals surface area contributed by atoms with Crippen LogP contribution in [0.15, 0.2) is 22.4 Å². The first-order valence-electron chi connectivity index (χ1n) is 6.20. The van der Waals surface area contributed by atoms with E-state index in [9.17, 15) is 13.2 Å². The number of aromatic nitrogens is 2. The molecule has 2 heterocycles. The Morgan fingerprint density at radius 1 is 1.57 bits per heavy atom. The zero-order chi connectivity index (χ0) is 15.6. The molecule has 3 N–H and O–H groups in total. The number of aromatic amines is 1. The molecule has 0 fully saturated rings. The van der Waals surface area contributed by atoms with Crippen molar-refractivity contribution >= 4 is 27.3 Å². The van der Waals surface area contributed by atoms with Gasteiger partial charge in [-0.15, -0.1) is 11.3 Å². The lowest BCUT2D eigenvalue weighted by molar-refractivity contribution is 0.0686. The second-order valence-electron chi connectivity index (χ2n) is 4.43. The molecular formula is C12H15N3O4S2. The van der Waals surface area contributed by atoms with Gasteiger partial charge in [0, 0.05) is 4.88 Å². The Balaban J connectivity index is 2.39. The Hall–Kier alpha value is -1.71. The van der Waals surface area contributed by atoms with Gasteiger partial charge in [-0.1, -0.05) is 13.0 Å². The van der Waals surface area contributed by atoms with Crippen molar-refractivity contribution < 1.29 is 18.3 Å². The number of thiophene rings is 1. The molecule has 1 unspecified atom stereocenters. The maximum atomic E-state index is 12.5. The number of nitrogens with zero attached hydrogens (tertiary/aromatic N) is 1. The van der Waals surface area contributed by atoms with E-state index in [0.717, 1.165) is 4.88 Å². The number of carboxylic acid groups (broad SMARTS) is 1. The number of sulfonamides is 1. The van der Waals surface area contributed by atoms with Crippen LogP contribution in [0.25, 0.3) is 0 Å². The Morgan fingerprint density at radius 3 is 2.81 bits per heavy atom. The predicted octanol–water partition coefficient (Wildman–Crippen LogP) is 1.91. The van der Waals surface area contributed by atoms with Gasteiger partial charge >= 0.3 is 5.97 Å². The van der Waals surface area contributed by atoms with E-state index in [2.05, 4.69) is 14.9 Å². The zero-order valence-electron chi connectivity index (χ0n) is 11.5. The third-order valence-electron chi connectivity index (χ3n) is 2.95. The highest BCUT2D eigenvalue weighted by Gasteiger charge is 2.30. The van der Waals surface area contributed by atoms with Crippen LogP contribution in [0.2, 0.25) is 0 Å². The van der Waals surface area contributed by atoms with Crippen molar-refractivity contribution in [3.8, 4) is 0 Å². The maximum absolute atomic E-state index is 12.5. The molecule has 1 atom stereocenters. The Bertz CT molecular complexity index is 735. The Labute approximate surface area is 126 Å². The van der Waals surface area contributed by atoms with Gasteiger partial charge in [0.05, 0.1) is 11.7 Å². The summed E-state index contributed by atoms with van der Waals surface area (Å²) >= 11 is 1.44. The van der Waals surface area contributed by atoms with Gasteiger partial charge in [-0.2, -0.15) is 5.10 Å². The van der Waals surface area contributed by atoms with E-state index in [-0.39, 0.29) is 10.6 Å². The zero-order valence-corrected chi connectivity index (χ0v) is 13.1. The molecule has 114 valence electrons. The van der Waals surface area contributed by atoms with Crippen LogP contribution in [-0.4, -0.2) is 29.7 Å². The van der Waals surface area contributed by atoms with Crippen LogP contribution in [0, 0.1) is 6.92 Å². The smallest absolute Gasteiger partial charge is 0.357 e. The van der Waals surface area contributed by atoms with Gasteiger partial charge in [0.1, 0.15) is 4.90 Å². The van der Waals surface area contributed by atoms with Crippen molar-refractivity contribution in [2.75, 3.05) is 0 Å². The standard InChI is InChI=1S/C12H15N3O4S2/c1-3-8(9-5-4-6-20-9)15-21(18,19)11-7(2)13-14-10(11)12(16)17/h4-6,8,15H,3H2,1-2H3,(H,13,14)(H,16,17). The highest BCUT2D eigenvalue weighted by molar-refractivity contribution is 7.89. The van der Waals surface area contributed by atoms with Gasteiger partial charge in [-0.05, 0) is 24.8 Å². The summed E-state index contributed by atoms with van der Waals surface area (Å²) in [7, 11) is -3.98. The first kappa shape index (κ1) is 15.7. The third kappa shape index (κ3) is 3.14. The van der Waals surface area contributed by atoms with E-state index in [1.165, 1.54) is 18.3 Å². The molecule has 2 rings (SSSR count). The molecule has 9 heteroatoms. The molecule has 0 aliphatic heterocycles. The van der Waals surface area contributed by atoms with Crippen LogP contribution >= 0.6 is 11.3 Å². The summed E-state index contributed by atoms with van der Waals surface area (Å²) in [5, 5.41) is 16.8. The summed E-state index contributed by atoms with van der Waals surface area (Å²) in [5.74, 6) is -1.39. The number of H-pyrrole nitrogens is 1. The molecule has 0 aliphatic carbocycles. The second kappa shape index (κ2) is 5.96. The fourth-order valence-corrected chi connectivity index (χ4v) is 4.53. The van der Waals surface area contributed by atoms with Crippen LogP contribution in [0.1, 0.15) is 40.4 Å². The minimum absolute atomic E-state index is 0.195. The average molecular weight is 329 g/mol. The van der Waals surface area contributed by atoms with Crippen molar-refractivity contribution in [2.24, 2.45) is 0 Å². The average Bonchev–Trinajstić information content (AvgIpc) is 3.04. The van der Waals surface area contributed by atoms with E-state index >= 15 is 0 Å². The quantitative estimate of drug-likeness (QED) is 0.749. The van der Waals surface area contributed by atoms with Gasteiger partial charge in [0.2, 0.25) is 10.0 Å². The van der Waals surface area contributed by atoms with E-state index < -0.39 is 27.7 Å². The fraction of sp³-hybridized carbons (Fsp3) is 0.333. The number of hydrogen-bond acceptors (Lipinski definition) is 5. The van der Waals surface area contributed by atoms with Crippen LogP contribution in [0.4, 0.5) is 0 Å². The molecule has 0 aromatic carbocycles. The molecule has 0 aliphatic rings. The van der Waals surface area contributed by atoms with E-state index in [1.54, 1.807) is 0 Å². The van der Waals surface area contributed by atoms with Gasteiger partial charge < -0.3 is 5.11 Å². The summed E-state index contributed by atoms with van der Waals surface area (Å²) < 4.78 is 27.5. The summed E-state index contributed by atoms with van der Waals surface area (Å²) in [5.41, 5.74) is -0.304. The second-order valence-corrected chi connectivity index (χ2v) is 7.06. The monoisotopic (exact) mass is 329 g/mol. The van der Waals surface area contributed by atoms with Crippen LogP contribution < -0.4 is 4.72 Å². The number of carbonyl (C=O) groups is 1. The lowest BCUT2D eigenvalue weighted by atomic mass is 10.2. The van der Waals surface area contributed by atoms with E-state index in [4.69, 9.17) is 5.11 Å². The highest BCUT2D eigenvalue weighted by atomic mass is 32.2. The number of hydrogen-bond donors (Lipinski definition) is 3. The molecule has 0 spiro atoms. The lowest BCUT2D eigenvalue weighted by Crippen LogP contribution is -2.29. The SMILES string of the molecule is CCC(NS(=O)(=O)c1c(C(=O)O)n[nH]c1C)c1cccs1. The van der Waals surface area contributed by atoms with Gasteiger partial charge in [0.15, 0.2) is 5.69 Å². The van der Waals surface area contributed by atoms with Gasteiger partial charge in [0.25, 0.3) is 0 Å². The number of carboxylic acids is 1. The van der Waals surface area contributed by atoms with Crippen molar-refractivity contribution in [1.29, 1.82) is 0 Å². The van der Waals surface area contributed by atoms with Crippen LogP contribution in [0.5, 0.6) is 0 Å². The molecule has 2 aromatic rings.